The Kier molecular flexibility index (Phi) is 4.53. The van der Waals surface area contributed by atoms with Gasteiger partial charge in [0.15, 0.2) is 0 Å². The number of para-hydroxylation sites is 1. The molecule has 6 heteroatoms. The minimum atomic E-state index is -0.0536. The number of guanidine groups is 1. The minimum Gasteiger partial charge on any atom is -0.369 e. The lowest BCUT2D eigenvalue weighted by atomic mass is 10.0. The van der Waals surface area contributed by atoms with Crippen molar-refractivity contribution in [3.8, 4) is 11.3 Å². The number of hydrogen-bond donors (Lipinski definition) is 2. The standard InChI is InChI=1S/C18H18ClN5/c1-24-16-5-3-2-4-14(16)15(10-11-22-23-18(20)21)17(24)12-6-8-13(19)9-7-12/h2-9,11H,10H2,1H3,(H4,20,21,23). The fourth-order valence-electron chi connectivity index (χ4n) is 2.89. The third-order valence-corrected chi connectivity index (χ3v) is 4.13. The summed E-state index contributed by atoms with van der Waals surface area (Å²) in [7, 11) is 2.06. The van der Waals surface area contributed by atoms with Crippen LogP contribution in [0.3, 0.4) is 0 Å². The van der Waals surface area contributed by atoms with E-state index in [1.807, 2.05) is 36.4 Å². The predicted octanol–water partition coefficient (Wildman–Crippen LogP) is 3.30. The molecule has 0 bridgehead atoms. The highest BCUT2D eigenvalue weighted by molar-refractivity contribution is 6.30. The zero-order chi connectivity index (χ0) is 17.1. The number of halogens is 1. The predicted molar refractivity (Wildman–Crippen MR) is 101 cm³/mol. The van der Waals surface area contributed by atoms with Crippen LogP contribution in [0.5, 0.6) is 0 Å². The van der Waals surface area contributed by atoms with E-state index in [1.54, 1.807) is 6.21 Å². The molecule has 1 heterocycles. The van der Waals surface area contributed by atoms with Gasteiger partial charge in [-0.3, -0.25) is 0 Å². The Bertz CT molecular complexity index is 918. The summed E-state index contributed by atoms with van der Waals surface area (Å²) in [6.45, 7) is 0. The lowest BCUT2D eigenvalue weighted by molar-refractivity contribution is 0.971. The molecule has 1 aromatic heterocycles. The molecule has 24 heavy (non-hydrogen) atoms. The number of nitrogens with zero attached hydrogens (tertiary/aromatic N) is 3. The maximum atomic E-state index is 6.02. The first-order chi connectivity index (χ1) is 11.6. The maximum Gasteiger partial charge on any atom is 0.211 e. The van der Waals surface area contributed by atoms with Crippen LogP contribution < -0.4 is 11.5 Å². The molecular weight excluding hydrogens is 322 g/mol. The number of benzene rings is 2. The van der Waals surface area contributed by atoms with Crippen LogP contribution in [0.2, 0.25) is 5.02 Å². The second kappa shape index (κ2) is 6.76. The van der Waals surface area contributed by atoms with Crippen molar-refractivity contribution in [2.45, 2.75) is 6.42 Å². The zero-order valence-corrected chi connectivity index (χ0v) is 14.0. The first-order valence-corrected chi connectivity index (χ1v) is 7.88. The molecule has 0 aliphatic heterocycles. The van der Waals surface area contributed by atoms with Gasteiger partial charge in [-0.1, -0.05) is 41.9 Å². The highest BCUT2D eigenvalue weighted by Crippen LogP contribution is 2.33. The highest BCUT2D eigenvalue weighted by Gasteiger charge is 2.15. The average molecular weight is 340 g/mol. The Balaban J connectivity index is 2.14. The van der Waals surface area contributed by atoms with Crippen molar-refractivity contribution in [2.75, 3.05) is 0 Å². The summed E-state index contributed by atoms with van der Waals surface area (Å²) in [6.07, 6.45) is 2.33. The molecule has 0 saturated carbocycles. The molecule has 0 aliphatic carbocycles. The SMILES string of the molecule is Cn1c(-c2ccc(Cl)cc2)c(CC=NN=C(N)N)c2ccccc21. The lowest BCUT2D eigenvalue weighted by Gasteiger charge is -2.07. The summed E-state index contributed by atoms with van der Waals surface area (Å²) in [5.74, 6) is -0.0536. The van der Waals surface area contributed by atoms with Gasteiger partial charge in [0.25, 0.3) is 0 Å². The molecule has 0 fully saturated rings. The average Bonchev–Trinajstić information content (AvgIpc) is 2.85. The smallest absolute Gasteiger partial charge is 0.211 e. The van der Waals surface area contributed by atoms with E-state index in [9.17, 15) is 0 Å². The van der Waals surface area contributed by atoms with Crippen LogP contribution in [0.25, 0.3) is 22.2 Å². The van der Waals surface area contributed by atoms with E-state index in [4.69, 9.17) is 23.1 Å². The number of aromatic nitrogens is 1. The summed E-state index contributed by atoms with van der Waals surface area (Å²) in [6, 6.07) is 16.1. The van der Waals surface area contributed by atoms with Crippen molar-refractivity contribution in [2.24, 2.45) is 28.7 Å². The molecule has 3 rings (SSSR count). The van der Waals surface area contributed by atoms with Gasteiger partial charge in [0.1, 0.15) is 0 Å². The number of hydrogen-bond acceptors (Lipinski definition) is 2. The van der Waals surface area contributed by atoms with Gasteiger partial charge in [-0.15, -0.1) is 5.10 Å². The van der Waals surface area contributed by atoms with E-state index < -0.39 is 0 Å². The van der Waals surface area contributed by atoms with Crippen molar-refractivity contribution in [3.05, 3.63) is 59.1 Å². The summed E-state index contributed by atoms with van der Waals surface area (Å²) in [5, 5.41) is 9.47. The molecule has 3 aromatic rings. The van der Waals surface area contributed by atoms with Gasteiger partial charge in [-0.2, -0.15) is 5.10 Å². The Hall–Kier alpha value is -2.79. The first-order valence-electron chi connectivity index (χ1n) is 7.50. The number of aryl methyl sites for hydroxylation is 1. The van der Waals surface area contributed by atoms with Crippen LogP contribution in [-0.4, -0.2) is 16.7 Å². The van der Waals surface area contributed by atoms with Gasteiger partial charge in [0, 0.05) is 35.6 Å². The molecule has 0 amide bonds. The topological polar surface area (TPSA) is 81.7 Å². The zero-order valence-electron chi connectivity index (χ0n) is 13.3. The van der Waals surface area contributed by atoms with Crippen molar-refractivity contribution in [3.63, 3.8) is 0 Å². The van der Waals surface area contributed by atoms with Gasteiger partial charge >= 0.3 is 0 Å². The van der Waals surface area contributed by atoms with Crippen LogP contribution in [0.15, 0.2) is 58.7 Å². The Morgan fingerprint density at radius 1 is 1.12 bits per heavy atom. The highest BCUT2D eigenvalue weighted by atomic mass is 35.5. The van der Waals surface area contributed by atoms with Crippen molar-refractivity contribution >= 4 is 34.7 Å². The van der Waals surface area contributed by atoms with E-state index in [0.717, 1.165) is 16.8 Å². The molecule has 5 nitrogen and oxygen atoms in total. The Morgan fingerprint density at radius 3 is 2.54 bits per heavy atom. The van der Waals surface area contributed by atoms with Crippen molar-refractivity contribution in [1.82, 2.24) is 4.57 Å². The summed E-state index contributed by atoms with van der Waals surface area (Å²) in [4.78, 5) is 0. The Labute approximate surface area is 145 Å². The van der Waals surface area contributed by atoms with Crippen LogP contribution in [0.1, 0.15) is 5.56 Å². The monoisotopic (exact) mass is 339 g/mol. The second-order valence-corrected chi connectivity index (χ2v) is 5.87. The van der Waals surface area contributed by atoms with Crippen molar-refractivity contribution < 1.29 is 0 Å². The van der Waals surface area contributed by atoms with E-state index in [1.165, 1.54) is 10.9 Å². The number of rotatable bonds is 4. The van der Waals surface area contributed by atoms with E-state index in [2.05, 4.69) is 34.0 Å². The molecule has 0 unspecified atom stereocenters. The number of nitrogens with two attached hydrogens (primary N) is 2. The third-order valence-electron chi connectivity index (χ3n) is 3.88. The van der Waals surface area contributed by atoms with Gasteiger partial charge in [-0.05, 0) is 29.3 Å². The van der Waals surface area contributed by atoms with E-state index >= 15 is 0 Å². The Morgan fingerprint density at radius 2 is 1.83 bits per heavy atom. The molecule has 0 atom stereocenters. The molecule has 0 radical (unpaired) electrons. The van der Waals surface area contributed by atoms with Crippen molar-refractivity contribution in [1.29, 1.82) is 0 Å². The normalized spacial score (nSPS) is 11.2. The van der Waals surface area contributed by atoms with Gasteiger partial charge in [0.2, 0.25) is 5.96 Å². The van der Waals surface area contributed by atoms with E-state index in [-0.39, 0.29) is 5.96 Å². The minimum absolute atomic E-state index is 0.0536. The third kappa shape index (κ3) is 3.12. The van der Waals surface area contributed by atoms with E-state index in [0.29, 0.717) is 11.4 Å². The molecule has 122 valence electrons. The first kappa shape index (κ1) is 16.1. The molecular formula is C18H18ClN5. The van der Waals surface area contributed by atoms with Crippen LogP contribution in [0.4, 0.5) is 0 Å². The lowest BCUT2D eigenvalue weighted by Crippen LogP contribution is -2.21. The largest absolute Gasteiger partial charge is 0.369 e. The fourth-order valence-corrected chi connectivity index (χ4v) is 3.02. The maximum absolute atomic E-state index is 6.02. The molecule has 2 aromatic carbocycles. The quantitative estimate of drug-likeness (QED) is 0.434. The molecule has 0 aliphatic rings. The summed E-state index contributed by atoms with van der Waals surface area (Å²) < 4.78 is 2.18. The van der Waals surface area contributed by atoms with Gasteiger partial charge < -0.3 is 16.0 Å². The second-order valence-electron chi connectivity index (χ2n) is 5.44. The molecule has 0 spiro atoms. The van der Waals surface area contributed by atoms with Crippen LogP contribution in [-0.2, 0) is 13.5 Å². The molecule has 4 N–H and O–H groups in total. The molecule has 0 saturated heterocycles. The summed E-state index contributed by atoms with van der Waals surface area (Å²) >= 11 is 6.02. The van der Waals surface area contributed by atoms with Crippen LogP contribution >= 0.6 is 11.6 Å². The fraction of sp³-hybridized carbons (Fsp3) is 0.111. The summed E-state index contributed by atoms with van der Waals surface area (Å²) in [5.41, 5.74) is 15.2. The van der Waals surface area contributed by atoms with Gasteiger partial charge in [-0.25, -0.2) is 0 Å². The van der Waals surface area contributed by atoms with Gasteiger partial charge in [0.05, 0.1) is 5.69 Å². The number of fused-ring (bicyclic) bond motifs is 1. The van der Waals surface area contributed by atoms with Crippen LogP contribution in [0, 0.1) is 0 Å².